The fraction of sp³-hybridized carbons (Fsp3) is 0.933. The number of morpholine rings is 1. The molecule has 4 rings (SSSR count). The summed E-state index contributed by atoms with van der Waals surface area (Å²) in [6.45, 7) is 7.21. The fourth-order valence-electron chi connectivity index (χ4n) is 3.80. The van der Waals surface area contributed by atoms with E-state index < -0.39 is 0 Å². The molecule has 3 unspecified atom stereocenters. The van der Waals surface area contributed by atoms with Gasteiger partial charge >= 0.3 is 0 Å². The van der Waals surface area contributed by atoms with E-state index in [9.17, 15) is 4.79 Å². The van der Waals surface area contributed by atoms with E-state index in [1.165, 1.54) is 0 Å². The molecule has 4 aliphatic rings. The summed E-state index contributed by atoms with van der Waals surface area (Å²) < 4.78 is 5.57. The molecule has 4 fully saturated rings. The first-order valence-electron chi connectivity index (χ1n) is 8.15. The second kappa shape index (κ2) is 6.60. The van der Waals surface area contributed by atoms with Gasteiger partial charge in [-0.2, -0.15) is 0 Å². The number of fused-ring (bicyclic) bond motifs is 2. The maximum Gasteiger partial charge on any atom is 0.222 e. The molecule has 0 bridgehead atoms. The number of amides is 1. The van der Waals surface area contributed by atoms with Crippen LogP contribution >= 0.6 is 0 Å². The molecular formula is C15H28N4O2. The molecule has 1 N–H and O–H groups in total. The Labute approximate surface area is 127 Å². The summed E-state index contributed by atoms with van der Waals surface area (Å²) in [5.74, 6) is 0.364. The average molecular weight is 296 g/mol. The highest BCUT2D eigenvalue weighted by Crippen LogP contribution is 2.21. The number of likely N-dealkylation sites (tertiary alicyclic amines) is 1. The van der Waals surface area contributed by atoms with Crippen molar-refractivity contribution in [2.75, 3.05) is 60.0 Å². The van der Waals surface area contributed by atoms with Crippen LogP contribution in [0.2, 0.25) is 0 Å². The minimum atomic E-state index is 0.364. The van der Waals surface area contributed by atoms with Gasteiger partial charge in [-0.05, 0) is 20.5 Å². The molecule has 1 amide bonds. The molecule has 6 heteroatoms. The molecular weight excluding hydrogens is 268 g/mol. The summed E-state index contributed by atoms with van der Waals surface area (Å²) in [5, 5.41) is 3.44. The summed E-state index contributed by atoms with van der Waals surface area (Å²) in [7, 11) is 4.27. The van der Waals surface area contributed by atoms with Crippen molar-refractivity contribution in [3.8, 4) is 0 Å². The zero-order valence-corrected chi connectivity index (χ0v) is 13.3. The largest absolute Gasteiger partial charge is 0.374 e. The Balaban J connectivity index is 0.000000126. The number of carbonyl (C=O) groups excluding carboxylic acids is 1. The molecule has 0 aromatic rings. The lowest BCUT2D eigenvalue weighted by atomic mass is 10.2. The van der Waals surface area contributed by atoms with Crippen LogP contribution in [0, 0.1) is 0 Å². The quantitative estimate of drug-likeness (QED) is 0.635. The van der Waals surface area contributed by atoms with Gasteiger partial charge in [0, 0.05) is 57.8 Å². The number of rotatable bonds is 0. The Kier molecular flexibility index (Phi) is 4.78. The Morgan fingerprint density at radius 3 is 2.81 bits per heavy atom. The van der Waals surface area contributed by atoms with Crippen LogP contribution in [-0.2, 0) is 9.53 Å². The van der Waals surface area contributed by atoms with E-state index in [4.69, 9.17) is 4.74 Å². The lowest BCUT2D eigenvalue weighted by molar-refractivity contribution is -0.130. The van der Waals surface area contributed by atoms with Crippen LogP contribution in [0.3, 0.4) is 0 Å². The molecule has 6 nitrogen and oxygen atoms in total. The first-order chi connectivity index (χ1) is 10.1. The standard InChI is InChI=1S/C8H14N2O.C7H14N2O/c1-9-4-5-10-7(6-9)2-3-8(10)11;1-9-4-6-7(5-9)10-3-2-8-6/h7H,2-6H2,1H3;6-8H,2-5H2,1H3. The average Bonchev–Trinajstić information content (AvgIpc) is 3.01. The number of hydrogen-bond donors (Lipinski definition) is 1. The Morgan fingerprint density at radius 1 is 1.14 bits per heavy atom. The predicted octanol–water partition coefficient (Wildman–Crippen LogP) is -0.788. The van der Waals surface area contributed by atoms with Crippen LogP contribution in [0.25, 0.3) is 0 Å². The Morgan fingerprint density at radius 2 is 2.00 bits per heavy atom. The van der Waals surface area contributed by atoms with Gasteiger partial charge in [-0.1, -0.05) is 0 Å². The number of hydrogen-bond acceptors (Lipinski definition) is 5. The van der Waals surface area contributed by atoms with E-state index in [1.807, 2.05) is 4.90 Å². The van der Waals surface area contributed by atoms with Gasteiger partial charge < -0.3 is 24.8 Å². The van der Waals surface area contributed by atoms with E-state index in [2.05, 4.69) is 29.2 Å². The lowest BCUT2D eigenvalue weighted by Crippen LogP contribution is -2.49. The number of piperazine rings is 1. The van der Waals surface area contributed by atoms with Crippen molar-refractivity contribution in [2.45, 2.75) is 31.0 Å². The third-order valence-electron chi connectivity index (χ3n) is 4.99. The summed E-state index contributed by atoms with van der Waals surface area (Å²) in [6, 6.07) is 1.12. The number of nitrogens with one attached hydrogen (secondary N) is 1. The van der Waals surface area contributed by atoms with E-state index in [0.29, 0.717) is 24.1 Å². The molecule has 0 spiro atoms. The third kappa shape index (κ3) is 3.56. The van der Waals surface area contributed by atoms with Crippen molar-refractivity contribution in [1.29, 1.82) is 0 Å². The van der Waals surface area contributed by atoms with E-state index >= 15 is 0 Å². The van der Waals surface area contributed by atoms with Crippen molar-refractivity contribution in [1.82, 2.24) is 20.0 Å². The van der Waals surface area contributed by atoms with Crippen LogP contribution in [0.5, 0.6) is 0 Å². The molecule has 21 heavy (non-hydrogen) atoms. The fourth-order valence-corrected chi connectivity index (χ4v) is 3.80. The van der Waals surface area contributed by atoms with Gasteiger partial charge in [0.25, 0.3) is 0 Å². The maximum absolute atomic E-state index is 11.2. The first-order valence-corrected chi connectivity index (χ1v) is 8.15. The Hall–Kier alpha value is -0.690. The zero-order valence-electron chi connectivity index (χ0n) is 13.3. The minimum absolute atomic E-state index is 0.364. The molecule has 0 aliphatic carbocycles. The highest BCUT2D eigenvalue weighted by Gasteiger charge is 2.34. The van der Waals surface area contributed by atoms with Crippen LogP contribution < -0.4 is 5.32 Å². The highest BCUT2D eigenvalue weighted by molar-refractivity contribution is 5.78. The molecule has 4 aliphatic heterocycles. The molecule has 4 heterocycles. The first kappa shape index (κ1) is 15.2. The predicted molar refractivity (Wildman–Crippen MR) is 81.3 cm³/mol. The number of carbonyl (C=O) groups is 1. The van der Waals surface area contributed by atoms with Gasteiger partial charge in [0.15, 0.2) is 0 Å². The summed E-state index contributed by atoms with van der Waals surface area (Å²) in [5.41, 5.74) is 0. The molecule has 0 saturated carbocycles. The van der Waals surface area contributed by atoms with Crippen molar-refractivity contribution < 1.29 is 9.53 Å². The maximum atomic E-state index is 11.2. The van der Waals surface area contributed by atoms with Crippen LogP contribution in [0.1, 0.15) is 12.8 Å². The number of ether oxygens (including phenoxy) is 1. The molecule has 120 valence electrons. The third-order valence-corrected chi connectivity index (χ3v) is 4.99. The molecule has 0 radical (unpaired) electrons. The van der Waals surface area contributed by atoms with Gasteiger partial charge in [0.2, 0.25) is 5.91 Å². The highest BCUT2D eigenvalue weighted by atomic mass is 16.5. The van der Waals surface area contributed by atoms with Gasteiger partial charge in [-0.3, -0.25) is 4.79 Å². The number of nitrogens with zero attached hydrogens (tertiary/aromatic N) is 3. The van der Waals surface area contributed by atoms with Gasteiger partial charge in [-0.15, -0.1) is 0 Å². The van der Waals surface area contributed by atoms with E-state index in [1.54, 1.807) is 0 Å². The van der Waals surface area contributed by atoms with Gasteiger partial charge in [0.05, 0.1) is 12.7 Å². The van der Waals surface area contributed by atoms with Crippen molar-refractivity contribution >= 4 is 5.91 Å². The van der Waals surface area contributed by atoms with Crippen LogP contribution in [0.4, 0.5) is 0 Å². The summed E-state index contributed by atoms with van der Waals surface area (Å²) in [6.07, 6.45) is 2.31. The van der Waals surface area contributed by atoms with Crippen LogP contribution in [-0.4, -0.2) is 98.8 Å². The minimum Gasteiger partial charge on any atom is -0.374 e. The Bertz CT molecular complexity index is 365. The normalized spacial score (nSPS) is 37.0. The zero-order chi connectivity index (χ0) is 14.8. The molecule has 4 saturated heterocycles. The van der Waals surface area contributed by atoms with Crippen molar-refractivity contribution in [3.63, 3.8) is 0 Å². The lowest BCUT2D eigenvalue weighted by Gasteiger charge is -2.35. The second-order valence-electron chi connectivity index (χ2n) is 6.73. The number of likely N-dealkylation sites (N-methyl/N-ethyl adjacent to an activating group) is 2. The SMILES string of the molecule is CN1CC2NCCOC2C1.CN1CCN2C(=O)CCC2C1. The van der Waals surface area contributed by atoms with Crippen molar-refractivity contribution in [3.05, 3.63) is 0 Å². The topological polar surface area (TPSA) is 48.1 Å². The second-order valence-corrected chi connectivity index (χ2v) is 6.73. The molecule has 3 atom stereocenters. The van der Waals surface area contributed by atoms with E-state index in [-0.39, 0.29) is 0 Å². The molecule has 0 aromatic heterocycles. The van der Waals surface area contributed by atoms with Gasteiger partial charge in [-0.25, -0.2) is 0 Å². The summed E-state index contributed by atoms with van der Waals surface area (Å²) in [4.78, 5) is 17.9. The van der Waals surface area contributed by atoms with Gasteiger partial charge in [0.1, 0.15) is 0 Å². The smallest absolute Gasteiger partial charge is 0.222 e. The van der Waals surface area contributed by atoms with Crippen LogP contribution in [0.15, 0.2) is 0 Å². The van der Waals surface area contributed by atoms with Crippen molar-refractivity contribution in [2.24, 2.45) is 0 Å². The molecule has 0 aromatic carbocycles. The summed E-state index contributed by atoms with van der Waals surface area (Å²) >= 11 is 0. The van der Waals surface area contributed by atoms with E-state index in [0.717, 1.165) is 58.7 Å². The monoisotopic (exact) mass is 296 g/mol.